The summed E-state index contributed by atoms with van der Waals surface area (Å²) in [5.74, 6) is 0.0508. The fourth-order valence-corrected chi connectivity index (χ4v) is 2.14. The highest BCUT2D eigenvalue weighted by molar-refractivity contribution is 5.32. The molecule has 1 rings (SSSR count). The standard InChI is InChI=1S/C17H24FN/c1-7-12(2)15(11-17(4,5)19-6)14-8-9-16(18)13(3)10-14/h8-10,15,19H,1,11H2,2-6H3. The molecule has 1 atom stereocenters. The van der Waals surface area contributed by atoms with Crippen molar-refractivity contribution < 1.29 is 4.39 Å². The summed E-state index contributed by atoms with van der Waals surface area (Å²) in [6.45, 7) is 11.9. The van der Waals surface area contributed by atoms with Crippen LogP contribution in [0.1, 0.15) is 44.2 Å². The van der Waals surface area contributed by atoms with E-state index in [0.717, 1.165) is 17.6 Å². The lowest BCUT2D eigenvalue weighted by Gasteiger charge is -2.30. The van der Waals surface area contributed by atoms with E-state index in [0.29, 0.717) is 5.56 Å². The van der Waals surface area contributed by atoms with Crippen molar-refractivity contribution in [3.05, 3.63) is 53.0 Å². The molecule has 0 saturated carbocycles. The molecule has 0 aliphatic carbocycles. The average molecular weight is 261 g/mol. The summed E-state index contributed by atoms with van der Waals surface area (Å²) in [6.07, 6.45) is 0.920. The monoisotopic (exact) mass is 261 g/mol. The van der Waals surface area contributed by atoms with Gasteiger partial charge in [-0.3, -0.25) is 0 Å². The zero-order valence-corrected chi connectivity index (χ0v) is 12.6. The first-order chi connectivity index (χ1) is 8.80. The quantitative estimate of drug-likeness (QED) is 0.778. The zero-order valence-electron chi connectivity index (χ0n) is 12.6. The normalized spacial score (nSPS) is 12.9. The molecule has 0 aliphatic heterocycles. The Morgan fingerprint density at radius 1 is 1.47 bits per heavy atom. The largest absolute Gasteiger partial charge is 0.315 e. The Hall–Kier alpha value is -1.37. The van der Waals surface area contributed by atoms with Crippen LogP contribution in [0, 0.1) is 12.7 Å². The van der Waals surface area contributed by atoms with Crippen LogP contribution in [0.4, 0.5) is 4.39 Å². The van der Waals surface area contributed by atoms with E-state index in [1.165, 1.54) is 0 Å². The molecule has 0 fully saturated rings. The molecule has 19 heavy (non-hydrogen) atoms. The van der Waals surface area contributed by atoms with Crippen LogP contribution in [-0.2, 0) is 0 Å². The molecule has 0 aliphatic rings. The van der Waals surface area contributed by atoms with E-state index < -0.39 is 0 Å². The maximum Gasteiger partial charge on any atom is 0.126 e. The van der Waals surface area contributed by atoms with Gasteiger partial charge in [-0.2, -0.15) is 0 Å². The third-order valence-corrected chi connectivity index (χ3v) is 3.78. The summed E-state index contributed by atoms with van der Waals surface area (Å²) in [5, 5.41) is 3.31. The molecule has 0 spiro atoms. The van der Waals surface area contributed by atoms with E-state index in [9.17, 15) is 4.39 Å². The molecule has 0 bridgehead atoms. The van der Waals surface area contributed by atoms with Crippen molar-refractivity contribution in [2.24, 2.45) is 0 Å². The number of aryl methyl sites for hydroxylation is 1. The molecule has 2 heteroatoms. The second-order valence-corrected chi connectivity index (χ2v) is 5.76. The lowest BCUT2D eigenvalue weighted by atomic mass is 9.81. The molecule has 0 saturated heterocycles. The first-order valence-electron chi connectivity index (χ1n) is 6.62. The fourth-order valence-electron chi connectivity index (χ4n) is 2.14. The number of allylic oxidation sites excluding steroid dienone is 1. The Morgan fingerprint density at radius 3 is 2.58 bits per heavy atom. The topological polar surface area (TPSA) is 12.0 Å². The van der Waals surface area contributed by atoms with Gasteiger partial charge in [0.25, 0.3) is 0 Å². The number of hydrogen-bond acceptors (Lipinski definition) is 1. The van der Waals surface area contributed by atoms with E-state index >= 15 is 0 Å². The van der Waals surface area contributed by atoms with Crippen LogP contribution < -0.4 is 5.32 Å². The first kappa shape index (κ1) is 15.7. The van der Waals surface area contributed by atoms with E-state index in [1.54, 1.807) is 13.0 Å². The number of halogens is 1. The molecule has 104 valence electrons. The van der Waals surface area contributed by atoms with Gasteiger partial charge in [0, 0.05) is 11.5 Å². The van der Waals surface area contributed by atoms with E-state index in [-0.39, 0.29) is 17.3 Å². The predicted molar refractivity (Wildman–Crippen MR) is 80.0 cm³/mol. The van der Waals surface area contributed by atoms with Crippen molar-refractivity contribution in [1.82, 2.24) is 5.32 Å². The summed E-state index contributed by atoms with van der Waals surface area (Å²) in [5.41, 5.74) is 5.89. The van der Waals surface area contributed by atoms with Gasteiger partial charge in [-0.1, -0.05) is 18.7 Å². The lowest BCUT2D eigenvalue weighted by molar-refractivity contribution is 0.373. The molecule has 1 N–H and O–H groups in total. The summed E-state index contributed by atoms with van der Waals surface area (Å²) < 4.78 is 13.4. The molecule has 0 amide bonds. The maximum absolute atomic E-state index is 13.4. The molecular weight excluding hydrogens is 237 g/mol. The third-order valence-electron chi connectivity index (χ3n) is 3.78. The Labute approximate surface area is 116 Å². The van der Waals surface area contributed by atoms with E-state index in [1.807, 2.05) is 26.1 Å². The number of benzene rings is 1. The van der Waals surface area contributed by atoms with Gasteiger partial charge in [-0.15, -0.1) is 5.73 Å². The summed E-state index contributed by atoms with van der Waals surface area (Å²) in [4.78, 5) is 0. The van der Waals surface area contributed by atoms with Gasteiger partial charge in [0.05, 0.1) is 0 Å². The first-order valence-corrected chi connectivity index (χ1v) is 6.62. The van der Waals surface area contributed by atoms with Crippen LogP contribution in [0.5, 0.6) is 0 Å². The average Bonchev–Trinajstić information content (AvgIpc) is 2.38. The van der Waals surface area contributed by atoms with Crippen LogP contribution in [0.15, 0.2) is 36.1 Å². The summed E-state index contributed by atoms with van der Waals surface area (Å²) in [7, 11) is 1.96. The molecule has 0 radical (unpaired) electrons. The Morgan fingerprint density at radius 2 is 2.11 bits per heavy atom. The molecule has 0 heterocycles. The maximum atomic E-state index is 13.4. The Bertz CT molecular complexity index is 496. The zero-order chi connectivity index (χ0) is 14.6. The number of nitrogens with one attached hydrogen (secondary N) is 1. The van der Waals surface area contributed by atoms with Crippen molar-refractivity contribution in [2.45, 2.75) is 45.6 Å². The second kappa shape index (κ2) is 6.18. The fraction of sp³-hybridized carbons (Fsp3) is 0.471. The molecule has 0 aromatic heterocycles. The predicted octanol–water partition coefficient (Wildman–Crippen LogP) is 4.34. The molecule has 1 unspecified atom stereocenters. The van der Waals surface area contributed by atoms with Crippen LogP contribution in [-0.4, -0.2) is 12.6 Å². The summed E-state index contributed by atoms with van der Waals surface area (Å²) >= 11 is 0. The minimum Gasteiger partial charge on any atom is -0.315 e. The highest BCUT2D eigenvalue weighted by Gasteiger charge is 2.24. The highest BCUT2D eigenvalue weighted by atomic mass is 19.1. The lowest BCUT2D eigenvalue weighted by Crippen LogP contribution is -2.37. The van der Waals surface area contributed by atoms with Gasteiger partial charge in [-0.05, 0) is 63.9 Å². The van der Waals surface area contributed by atoms with Gasteiger partial charge < -0.3 is 5.32 Å². The van der Waals surface area contributed by atoms with Gasteiger partial charge in [0.2, 0.25) is 0 Å². The third kappa shape index (κ3) is 4.05. The summed E-state index contributed by atoms with van der Waals surface area (Å²) in [6, 6.07) is 5.33. The van der Waals surface area contributed by atoms with Crippen molar-refractivity contribution in [3.8, 4) is 0 Å². The minimum absolute atomic E-state index is 0.00503. The SMILES string of the molecule is C=C=C(C)C(CC(C)(C)NC)c1ccc(F)c(C)c1. The van der Waals surface area contributed by atoms with Crippen LogP contribution >= 0.6 is 0 Å². The number of hydrogen-bond donors (Lipinski definition) is 1. The Kier molecular flexibility index (Phi) is 5.11. The molecular formula is C17H24FN. The van der Waals surface area contributed by atoms with Crippen LogP contribution in [0.25, 0.3) is 0 Å². The van der Waals surface area contributed by atoms with Gasteiger partial charge in [0.1, 0.15) is 5.82 Å². The van der Waals surface area contributed by atoms with E-state index in [2.05, 4.69) is 31.5 Å². The smallest absolute Gasteiger partial charge is 0.126 e. The van der Waals surface area contributed by atoms with E-state index in [4.69, 9.17) is 0 Å². The van der Waals surface area contributed by atoms with Gasteiger partial charge in [-0.25, -0.2) is 4.39 Å². The molecule has 1 nitrogen and oxygen atoms in total. The van der Waals surface area contributed by atoms with Gasteiger partial charge in [0.15, 0.2) is 0 Å². The molecule has 1 aromatic rings. The van der Waals surface area contributed by atoms with Crippen molar-refractivity contribution in [1.29, 1.82) is 0 Å². The number of rotatable bonds is 5. The van der Waals surface area contributed by atoms with Crippen LogP contribution in [0.2, 0.25) is 0 Å². The minimum atomic E-state index is -0.157. The van der Waals surface area contributed by atoms with Crippen molar-refractivity contribution in [2.75, 3.05) is 7.05 Å². The molecule has 1 aromatic carbocycles. The highest BCUT2D eigenvalue weighted by Crippen LogP contribution is 2.32. The van der Waals surface area contributed by atoms with Crippen molar-refractivity contribution >= 4 is 0 Å². The van der Waals surface area contributed by atoms with Crippen molar-refractivity contribution in [3.63, 3.8) is 0 Å². The van der Waals surface area contributed by atoms with Crippen LogP contribution in [0.3, 0.4) is 0 Å². The van der Waals surface area contributed by atoms with Gasteiger partial charge >= 0.3 is 0 Å². The second-order valence-electron chi connectivity index (χ2n) is 5.76. The Balaban J connectivity index is 3.17.